The van der Waals surface area contributed by atoms with E-state index in [2.05, 4.69) is 5.32 Å². The number of rotatable bonds is 8. The van der Waals surface area contributed by atoms with Crippen LogP contribution >= 0.6 is 0 Å². The molecule has 1 aliphatic rings. The van der Waals surface area contributed by atoms with Gasteiger partial charge in [-0.25, -0.2) is 0 Å². The topological polar surface area (TPSA) is 50.7 Å². The van der Waals surface area contributed by atoms with Gasteiger partial charge in [-0.15, -0.1) is 0 Å². The Kier molecular flexibility index (Phi) is 6.33. The summed E-state index contributed by atoms with van der Waals surface area (Å²) >= 11 is 0. The third kappa shape index (κ3) is 4.61. The Labute approximate surface area is 127 Å². The summed E-state index contributed by atoms with van der Waals surface area (Å²) in [5, 5.41) is 13.5. The van der Waals surface area contributed by atoms with Gasteiger partial charge in [-0.3, -0.25) is 0 Å². The first-order valence-electron chi connectivity index (χ1n) is 7.93. The molecule has 0 aliphatic heterocycles. The van der Waals surface area contributed by atoms with Gasteiger partial charge < -0.3 is 19.9 Å². The molecule has 0 radical (unpaired) electrons. The number of methoxy groups -OCH3 is 1. The maximum Gasteiger partial charge on any atom is 0.161 e. The van der Waals surface area contributed by atoms with Gasteiger partial charge >= 0.3 is 0 Å². The lowest BCUT2D eigenvalue weighted by atomic mass is 10.0. The first-order chi connectivity index (χ1) is 10.2. The summed E-state index contributed by atoms with van der Waals surface area (Å²) in [7, 11) is 1.65. The molecule has 0 amide bonds. The van der Waals surface area contributed by atoms with Gasteiger partial charge in [-0.1, -0.05) is 18.9 Å². The summed E-state index contributed by atoms with van der Waals surface area (Å²) in [6.07, 6.45) is 4.63. The van der Waals surface area contributed by atoms with Crippen LogP contribution in [0.5, 0.6) is 11.5 Å². The summed E-state index contributed by atoms with van der Waals surface area (Å²) in [5.74, 6) is 2.01. The molecule has 0 aromatic heterocycles. The highest BCUT2D eigenvalue weighted by Crippen LogP contribution is 2.29. The van der Waals surface area contributed by atoms with Crippen molar-refractivity contribution >= 4 is 0 Å². The largest absolute Gasteiger partial charge is 0.493 e. The van der Waals surface area contributed by atoms with E-state index < -0.39 is 0 Å². The molecule has 1 aromatic rings. The second-order valence-corrected chi connectivity index (χ2v) is 5.66. The van der Waals surface area contributed by atoms with Crippen LogP contribution in [0.25, 0.3) is 0 Å². The normalized spacial score (nSPS) is 16.9. The zero-order valence-electron chi connectivity index (χ0n) is 13.1. The average Bonchev–Trinajstić information content (AvgIpc) is 3.03. The van der Waals surface area contributed by atoms with Crippen LogP contribution in [0.3, 0.4) is 0 Å². The first-order valence-corrected chi connectivity index (χ1v) is 7.93. The number of aliphatic hydroxyl groups is 1. The van der Waals surface area contributed by atoms with Gasteiger partial charge in [0.1, 0.15) is 0 Å². The van der Waals surface area contributed by atoms with E-state index in [0.29, 0.717) is 19.1 Å². The predicted octanol–water partition coefficient (Wildman–Crippen LogP) is 2.73. The lowest BCUT2D eigenvalue weighted by Gasteiger charge is -2.18. The van der Waals surface area contributed by atoms with Gasteiger partial charge in [0.15, 0.2) is 11.5 Å². The smallest absolute Gasteiger partial charge is 0.161 e. The Hall–Kier alpha value is -1.26. The number of aliphatic hydroxyl groups excluding tert-OH is 1. The van der Waals surface area contributed by atoms with Gasteiger partial charge in [0.25, 0.3) is 0 Å². The summed E-state index contributed by atoms with van der Waals surface area (Å²) in [4.78, 5) is 0. The molecule has 1 aliphatic carbocycles. The van der Waals surface area contributed by atoms with Crippen LogP contribution in [0.4, 0.5) is 0 Å². The second-order valence-electron chi connectivity index (χ2n) is 5.66. The molecule has 1 atom stereocenters. The molecule has 0 saturated heterocycles. The van der Waals surface area contributed by atoms with Crippen molar-refractivity contribution in [3.05, 3.63) is 23.8 Å². The van der Waals surface area contributed by atoms with E-state index in [1.165, 1.54) is 25.7 Å². The van der Waals surface area contributed by atoms with E-state index in [9.17, 15) is 5.11 Å². The van der Waals surface area contributed by atoms with Gasteiger partial charge in [0.05, 0.1) is 19.8 Å². The van der Waals surface area contributed by atoms with Gasteiger partial charge in [0.2, 0.25) is 0 Å². The van der Waals surface area contributed by atoms with Crippen LogP contribution in [-0.2, 0) is 6.54 Å². The van der Waals surface area contributed by atoms with E-state index in [-0.39, 0.29) is 6.10 Å². The van der Waals surface area contributed by atoms with Gasteiger partial charge in [-0.05, 0) is 43.4 Å². The molecule has 2 N–H and O–H groups in total. The molecule has 1 aromatic carbocycles. The second kappa shape index (κ2) is 8.25. The van der Waals surface area contributed by atoms with Crippen LogP contribution in [0, 0.1) is 5.92 Å². The van der Waals surface area contributed by atoms with Crippen LogP contribution in [0.1, 0.15) is 38.2 Å². The van der Waals surface area contributed by atoms with Crippen LogP contribution in [-0.4, -0.2) is 31.5 Å². The Bertz CT molecular complexity index is 430. The molecule has 1 fully saturated rings. The average molecular weight is 293 g/mol. The Morgan fingerprint density at radius 2 is 2.05 bits per heavy atom. The monoisotopic (exact) mass is 293 g/mol. The minimum atomic E-state index is -0.225. The first kappa shape index (κ1) is 16.1. The van der Waals surface area contributed by atoms with Crippen molar-refractivity contribution in [3.8, 4) is 11.5 Å². The van der Waals surface area contributed by atoms with Crippen molar-refractivity contribution in [2.24, 2.45) is 5.92 Å². The summed E-state index contributed by atoms with van der Waals surface area (Å²) in [6, 6.07) is 5.95. The predicted molar refractivity (Wildman–Crippen MR) is 83.8 cm³/mol. The molecule has 118 valence electrons. The van der Waals surface area contributed by atoms with E-state index in [0.717, 1.165) is 23.6 Å². The van der Waals surface area contributed by atoms with Crippen molar-refractivity contribution in [3.63, 3.8) is 0 Å². The van der Waals surface area contributed by atoms with Crippen molar-refractivity contribution in [2.45, 2.75) is 45.3 Å². The van der Waals surface area contributed by atoms with Crippen molar-refractivity contribution < 1.29 is 14.6 Å². The molecule has 1 unspecified atom stereocenters. The quantitative estimate of drug-likeness (QED) is 0.774. The molecule has 2 rings (SSSR count). The van der Waals surface area contributed by atoms with Crippen molar-refractivity contribution in [2.75, 3.05) is 20.3 Å². The molecule has 1 saturated carbocycles. The highest BCUT2D eigenvalue weighted by atomic mass is 16.5. The third-order valence-corrected chi connectivity index (χ3v) is 4.15. The lowest BCUT2D eigenvalue weighted by molar-refractivity contribution is 0.109. The highest BCUT2D eigenvalue weighted by molar-refractivity contribution is 5.42. The van der Waals surface area contributed by atoms with E-state index >= 15 is 0 Å². The van der Waals surface area contributed by atoms with Crippen LogP contribution in [0.2, 0.25) is 0 Å². The number of hydrogen-bond acceptors (Lipinski definition) is 4. The lowest BCUT2D eigenvalue weighted by Crippen LogP contribution is -2.31. The zero-order chi connectivity index (χ0) is 15.1. The minimum Gasteiger partial charge on any atom is -0.493 e. The third-order valence-electron chi connectivity index (χ3n) is 4.15. The van der Waals surface area contributed by atoms with Crippen LogP contribution < -0.4 is 14.8 Å². The molecular weight excluding hydrogens is 266 g/mol. The fraction of sp³-hybridized carbons (Fsp3) is 0.647. The zero-order valence-corrected chi connectivity index (χ0v) is 13.1. The molecule has 0 heterocycles. The van der Waals surface area contributed by atoms with Gasteiger partial charge in [0, 0.05) is 13.1 Å². The molecule has 4 heteroatoms. The number of benzene rings is 1. The number of nitrogens with one attached hydrogen (secondary N) is 1. The van der Waals surface area contributed by atoms with Gasteiger partial charge in [-0.2, -0.15) is 0 Å². The van der Waals surface area contributed by atoms with Crippen LogP contribution in [0.15, 0.2) is 18.2 Å². The minimum absolute atomic E-state index is 0.225. The summed E-state index contributed by atoms with van der Waals surface area (Å²) in [5.41, 5.74) is 1.13. The fourth-order valence-corrected chi connectivity index (χ4v) is 2.97. The molecule has 4 nitrogen and oxygen atoms in total. The Balaban J connectivity index is 1.82. The molecule has 0 spiro atoms. The Morgan fingerprint density at radius 1 is 1.29 bits per heavy atom. The van der Waals surface area contributed by atoms with Crippen molar-refractivity contribution in [1.29, 1.82) is 0 Å². The number of hydrogen-bond donors (Lipinski definition) is 2. The SMILES string of the molecule is CCOc1ccc(CNCC(O)C2CCCC2)cc1OC. The summed E-state index contributed by atoms with van der Waals surface area (Å²) in [6.45, 7) is 3.97. The maximum absolute atomic E-state index is 10.1. The van der Waals surface area contributed by atoms with Crippen molar-refractivity contribution in [1.82, 2.24) is 5.32 Å². The molecule has 0 bridgehead atoms. The Morgan fingerprint density at radius 3 is 2.71 bits per heavy atom. The van der Waals surface area contributed by atoms with E-state index in [4.69, 9.17) is 9.47 Å². The van der Waals surface area contributed by atoms with E-state index in [1.807, 2.05) is 25.1 Å². The summed E-state index contributed by atoms with van der Waals surface area (Å²) < 4.78 is 10.9. The number of ether oxygens (including phenoxy) is 2. The fourth-order valence-electron chi connectivity index (χ4n) is 2.97. The molecular formula is C17H27NO3. The standard InChI is InChI=1S/C17H27NO3/c1-3-21-16-9-8-13(10-17(16)20-2)11-18-12-15(19)14-6-4-5-7-14/h8-10,14-15,18-19H,3-7,11-12H2,1-2H3. The highest BCUT2D eigenvalue weighted by Gasteiger charge is 2.22. The molecule has 21 heavy (non-hydrogen) atoms. The van der Waals surface area contributed by atoms with E-state index in [1.54, 1.807) is 7.11 Å². The maximum atomic E-state index is 10.1.